The first kappa shape index (κ1) is 39.6. The fraction of sp³-hybridized carbons (Fsp3) is 0.500. The van der Waals surface area contributed by atoms with Crippen LogP contribution in [0.5, 0.6) is 0 Å². The van der Waals surface area contributed by atoms with E-state index in [1.54, 1.807) is 0 Å². The van der Waals surface area contributed by atoms with E-state index in [1.165, 1.54) is 0 Å². The summed E-state index contributed by atoms with van der Waals surface area (Å²) >= 11 is 0. The minimum atomic E-state index is -5.87. The molecule has 0 radical (unpaired) electrons. The van der Waals surface area contributed by atoms with E-state index in [9.17, 15) is 44.1 Å². The summed E-state index contributed by atoms with van der Waals surface area (Å²) < 4.78 is 10.4. The topological polar surface area (TPSA) is 184 Å². The molecule has 0 saturated carbocycles. The smallest absolute Gasteiger partial charge is 0.810 e. The number of rotatable bonds is 6. The van der Waals surface area contributed by atoms with Crippen LogP contribution in [0.15, 0.2) is 0 Å². The Balaban J connectivity index is -0.000000112. The summed E-state index contributed by atoms with van der Waals surface area (Å²) in [6.07, 6.45) is -1.48. The maximum Gasteiger partial charge on any atom is 1.00 e. The predicted octanol–water partition coefficient (Wildman–Crippen LogP) is -21.5. The van der Waals surface area contributed by atoms with E-state index >= 15 is 0 Å². The summed E-state index contributed by atoms with van der Waals surface area (Å²) in [5.41, 5.74) is -3.00. The number of hydrogen-bond donors (Lipinski definition) is 0. The van der Waals surface area contributed by atoms with Gasteiger partial charge in [-0.1, -0.05) is 7.60 Å². The van der Waals surface area contributed by atoms with E-state index in [2.05, 4.69) is 0 Å². The number of carbonyl (C=O) groups is 3. The third-order valence-corrected chi connectivity index (χ3v) is 2.90. The number of hydrogen-bond acceptors (Lipinski definition) is 9. The second-order valence-corrected chi connectivity index (χ2v) is 4.44. The van der Waals surface area contributed by atoms with Gasteiger partial charge in [-0.15, -0.1) is 0 Å². The van der Waals surface area contributed by atoms with E-state index in [0.29, 0.717) is 0 Å². The van der Waals surface area contributed by atoms with Crippen LogP contribution >= 0.6 is 7.60 Å². The SMILES string of the molecule is O=C([O-])CC(C(=O)[O-])C(C(=O)[O-])P(=O)([O-])[O-].[Na+].[Na+].[Na+].[Na+].[Na+]. The Kier molecular flexibility index (Phi) is 34.6. The Morgan fingerprint density at radius 2 is 1.14 bits per heavy atom. The molecule has 0 N–H and O–H groups in total. The zero-order valence-corrected chi connectivity index (χ0v) is 23.4. The van der Waals surface area contributed by atoms with Crippen LogP contribution in [0.3, 0.4) is 0 Å². The van der Waals surface area contributed by atoms with Crippen molar-refractivity contribution in [2.24, 2.45) is 5.92 Å². The normalized spacial score (nSPS) is 11.5. The second kappa shape index (κ2) is 18.4. The first-order chi connectivity index (χ1) is 7.07. The maximum absolute atomic E-state index is 10.4. The van der Waals surface area contributed by atoms with Gasteiger partial charge in [0, 0.05) is 23.5 Å². The molecule has 0 aromatic heterocycles. The summed E-state index contributed by atoms with van der Waals surface area (Å²) in [6.45, 7) is 0. The molecule has 0 aliphatic rings. The van der Waals surface area contributed by atoms with E-state index in [1.807, 2.05) is 0 Å². The van der Waals surface area contributed by atoms with Crippen molar-refractivity contribution in [2.45, 2.75) is 12.1 Å². The third-order valence-electron chi connectivity index (χ3n) is 1.65. The number of aliphatic carboxylic acids is 3. The zero-order valence-electron chi connectivity index (χ0n) is 12.5. The molecular formula is C6H4Na5O9P. The Labute approximate surface area is 231 Å². The van der Waals surface area contributed by atoms with Crippen molar-refractivity contribution in [2.75, 3.05) is 0 Å². The van der Waals surface area contributed by atoms with Crippen molar-refractivity contribution < 1.29 is 192 Å². The van der Waals surface area contributed by atoms with Crippen molar-refractivity contribution in [3.8, 4) is 0 Å². The van der Waals surface area contributed by atoms with Crippen LogP contribution in [0.2, 0.25) is 0 Å². The second-order valence-electron chi connectivity index (χ2n) is 2.81. The molecule has 0 amide bonds. The Hall–Kier alpha value is 3.56. The summed E-state index contributed by atoms with van der Waals surface area (Å²) in [4.78, 5) is 51.6. The number of carbonyl (C=O) groups excluding carboxylic acids is 3. The molecule has 0 heterocycles. The minimum Gasteiger partial charge on any atom is -0.810 e. The molecule has 0 aromatic rings. The molecule has 0 aromatic carbocycles. The zero-order chi connectivity index (χ0) is 13.1. The Bertz CT molecular complexity index is 372. The number of carboxylic acid groups (broad SMARTS) is 3. The van der Waals surface area contributed by atoms with Gasteiger partial charge in [0.15, 0.2) is 0 Å². The van der Waals surface area contributed by atoms with Crippen molar-refractivity contribution in [1.82, 2.24) is 0 Å². The first-order valence-corrected chi connectivity index (χ1v) is 5.31. The quantitative estimate of drug-likeness (QED) is 0.325. The average molecular weight is 366 g/mol. The van der Waals surface area contributed by atoms with Gasteiger partial charge in [-0.2, -0.15) is 0 Å². The Morgan fingerprint density at radius 3 is 1.29 bits per heavy atom. The average Bonchev–Trinajstić information content (AvgIpc) is 1.97. The molecule has 0 spiro atoms. The van der Waals surface area contributed by atoms with Crippen LogP contribution in [0.4, 0.5) is 0 Å². The summed E-state index contributed by atoms with van der Waals surface area (Å²) in [5.74, 6) is -9.38. The molecule has 0 aliphatic carbocycles. The number of carboxylic acids is 3. The van der Waals surface area contributed by atoms with Crippen LogP contribution in [-0.2, 0) is 18.9 Å². The van der Waals surface area contributed by atoms with E-state index in [0.717, 1.165) is 0 Å². The van der Waals surface area contributed by atoms with Gasteiger partial charge < -0.3 is 44.1 Å². The molecular weight excluding hydrogens is 362 g/mol. The van der Waals surface area contributed by atoms with Gasteiger partial charge in [-0.3, -0.25) is 0 Å². The van der Waals surface area contributed by atoms with E-state index in [4.69, 9.17) is 0 Å². The molecule has 0 saturated heterocycles. The summed E-state index contributed by atoms with van der Waals surface area (Å²) in [7, 11) is -5.87. The van der Waals surface area contributed by atoms with Crippen molar-refractivity contribution in [3.63, 3.8) is 0 Å². The molecule has 9 nitrogen and oxygen atoms in total. The molecule has 0 fully saturated rings. The van der Waals surface area contributed by atoms with Gasteiger partial charge in [0.2, 0.25) is 0 Å². The van der Waals surface area contributed by atoms with Crippen molar-refractivity contribution in [1.29, 1.82) is 0 Å². The molecule has 0 aliphatic heterocycles. The fourth-order valence-corrected chi connectivity index (χ4v) is 1.94. The maximum atomic E-state index is 10.4. The van der Waals surface area contributed by atoms with Crippen LogP contribution in [0, 0.1) is 5.92 Å². The molecule has 15 heteroatoms. The van der Waals surface area contributed by atoms with Gasteiger partial charge >= 0.3 is 148 Å². The first-order valence-electron chi connectivity index (χ1n) is 3.70. The van der Waals surface area contributed by atoms with Crippen LogP contribution in [0.1, 0.15) is 6.42 Å². The monoisotopic (exact) mass is 366 g/mol. The summed E-state index contributed by atoms with van der Waals surface area (Å²) in [5, 5.41) is 30.7. The van der Waals surface area contributed by atoms with Gasteiger partial charge in [0.05, 0.1) is 5.97 Å². The fourth-order valence-electron chi connectivity index (χ4n) is 1.02. The van der Waals surface area contributed by atoms with Crippen LogP contribution in [0.25, 0.3) is 0 Å². The van der Waals surface area contributed by atoms with E-state index in [-0.39, 0.29) is 148 Å². The van der Waals surface area contributed by atoms with Crippen molar-refractivity contribution >= 4 is 25.5 Å². The molecule has 0 rings (SSSR count). The van der Waals surface area contributed by atoms with E-state index < -0.39 is 43.5 Å². The largest absolute Gasteiger partial charge is 1.00 e. The molecule has 92 valence electrons. The third kappa shape index (κ3) is 16.8. The van der Waals surface area contributed by atoms with Gasteiger partial charge in [-0.25, -0.2) is 0 Å². The molecule has 21 heavy (non-hydrogen) atoms. The molecule has 0 bridgehead atoms. The molecule has 2 unspecified atom stereocenters. The minimum absolute atomic E-state index is 0. The van der Waals surface area contributed by atoms with Gasteiger partial charge in [-0.05, 0) is 6.42 Å². The van der Waals surface area contributed by atoms with Crippen LogP contribution in [-0.4, -0.2) is 23.6 Å². The Morgan fingerprint density at radius 1 is 0.810 bits per heavy atom. The standard InChI is InChI=1S/C6H9O9P.5Na/c7-3(8)1-2(5(9)10)4(6(11)12)16(13,14)15;;;;;/h2,4H,1H2,(H,7,8)(H,9,10)(H,11,12)(H2,13,14,15);;;;;/q;5*+1/p-5. The van der Waals surface area contributed by atoms with Crippen molar-refractivity contribution in [3.05, 3.63) is 0 Å². The predicted molar refractivity (Wildman–Crippen MR) is 34.5 cm³/mol. The van der Waals surface area contributed by atoms with Gasteiger partial charge in [0.25, 0.3) is 0 Å². The summed E-state index contributed by atoms with van der Waals surface area (Å²) in [6, 6.07) is 0. The molecule has 2 atom stereocenters. The van der Waals surface area contributed by atoms with Crippen LogP contribution < -0.4 is 173 Å². The van der Waals surface area contributed by atoms with Gasteiger partial charge in [0.1, 0.15) is 0 Å².